The molecule has 0 spiro atoms. The van der Waals surface area contributed by atoms with Gasteiger partial charge in [-0.05, 0) is 38.5 Å². The minimum Gasteiger partial charge on any atom is -0.462 e. The number of phosphoric acid groups is 1. The van der Waals surface area contributed by atoms with Gasteiger partial charge in [0.05, 0.1) is 27.7 Å². The Hall–Kier alpha value is -1.25. The van der Waals surface area contributed by atoms with Gasteiger partial charge < -0.3 is 18.9 Å². The van der Waals surface area contributed by atoms with E-state index >= 15 is 0 Å². The molecule has 1 unspecified atom stereocenters. The van der Waals surface area contributed by atoms with Gasteiger partial charge in [0, 0.05) is 12.8 Å². The molecule has 0 rings (SSSR count). The lowest BCUT2D eigenvalue weighted by atomic mass is 10.0. The molecule has 10 heteroatoms. The zero-order chi connectivity index (χ0) is 42.1. The van der Waals surface area contributed by atoms with Crippen LogP contribution in [0.4, 0.5) is 0 Å². The molecule has 0 fully saturated rings. The first-order valence-electron chi connectivity index (χ1n) is 23.9. The Balaban J connectivity index is 4.25. The average molecular weight is 831 g/mol. The summed E-state index contributed by atoms with van der Waals surface area (Å²) in [6, 6.07) is 0. The fraction of sp³-hybridized carbons (Fsp3) is 0.915. The number of esters is 2. The number of hydrogen-bond acceptors (Lipinski definition) is 7. The van der Waals surface area contributed by atoms with Gasteiger partial charge in [0.2, 0.25) is 0 Å². The third-order valence-electron chi connectivity index (χ3n) is 10.5. The van der Waals surface area contributed by atoms with E-state index in [1.165, 1.54) is 141 Å². The van der Waals surface area contributed by atoms with E-state index in [1.54, 1.807) is 0 Å². The third kappa shape index (κ3) is 44.1. The van der Waals surface area contributed by atoms with Crippen LogP contribution in [0.2, 0.25) is 0 Å². The smallest absolute Gasteiger partial charge is 0.462 e. The number of allylic oxidation sites excluding steroid dienone is 2. The van der Waals surface area contributed by atoms with E-state index in [9.17, 15) is 19.0 Å². The van der Waals surface area contributed by atoms with E-state index in [0.717, 1.165) is 51.4 Å². The maximum Gasteiger partial charge on any atom is 0.472 e. The van der Waals surface area contributed by atoms with Crippen LogP contribution in [0.1, 0.15) is 226 Å². The number of carbonyl (C=O) groups is 2. The Labute approximate surface area is 352 Å². The van der Waals surface area contributed by atoms with Crippen molar-refractivity contribution in [3.63, 3.8) is 0 Å². The first kappa shape index (κ1) is 55.8. The summed E-state index contributed by atoms with van der Waals surface area (Å²) in [5.41, 5.74) is 0. The zero-order valence-electron chi connectivity index (χ0n) is 38.1. The Morgan fingerprint density at radius 1 is 0.526 bits per heavy atom. The monoisotopic (exact) mass is 831 g/mol. The molecule has 0 aliphatic heterocycles. The molecule has 0 saturated carbocycles. The van der Waals surface area contributed by atoms with Gasteiger partial charge in [0.25, 0.3) is 0 Å². The van der Waals surface area contributed by atoms with Gasteiger partial charge in [-0.25, -0.2) is 4.57 Å². The summed E-state index contributed by atoms with van der Waals surface area (Å²) in [5.74, 6) is -0.796. The highest BCUT2D eigenvalue weighted by Gasteiger charge is 2.27. The number of carbonyl (C=O) groups excluding carboxylic acids is 2. The van der Waals surface area contributed by atoms with Crippen LogP contribution in [0.25, 0.3) is 0 Å². The van der Waals surface area contributed by atoms with Crippen molar-refractivity contribution in [1.82, 2.24) is 0 Å². The molecule has 0 heterocycles. The predicted octanol–water partition coefficient (Wildman–Crippen LogP) is 13.8. The van der Waals surface area contributed by atoms with Crippen LogP contribution in [-0.2, 0) is 32.7 Å². The van der Waals surface area contributed by atoms with Gasteiger partial charge in [0.15, 0.2) is 6.10 Å². The fourth-order valence-corrected chi connectivity index (χ4v) is 7.52. The summed E-state index contributed by atoms with van der Waals surface area (Å²) in [6.45, 7) is 4.44. The summed E-state index contributed by atoms with van der Waals surface area (Å²) in [5, 5.41) is 0. The number of nitrogens with zero attached hydrogens (tertiary/aromatic N) is 1. The van der Waals surface area contributed by atoms with Gasteiger partial charge in [-0.15, -0.1) is 0 Å². The van der Waals surface area contributed by atoms with Crippen molar-refractivity contribution in [2.24, 2.45) is 0 Å². The number of rotatable bonds is 44. The zero-order valence-corrected chi connectivity index (χ0v) is 39.0. The van der Waals surface area contributed by atoms with Crippen LogP contribution in [-0.4, -0.2) is 74.9 Å². The van der Waals surface area contributed by atoms with Crippen LogP contribution in [0.3, 0.4) is 0 Å². The molecular formula is C47H93NO8P+. The van der Waals surface area contributed by atoms with Gasteiger partial charge in [-0.1, -0.05) is 187 Å². The van der Waals surface area contributed by atoms with E-state index in [4.69, 9.17) is 18.5 Å². The summed E-state index contributed by atoms with van der Waals surface area (Å²) in [6.07, 6.45) is 42.6. The van der Waals surface area contributed by atoms with Crippen molar-refractivity contribution >= 4 is 19.8 Å². The molecule has 0 radical (unpaired) electrons. The van der Waals surface area contributed by atoms with Crippen molar-refractivity contribution in [2.75, 3.05) is 47.5 Å². The molecule has 0 saturated heterocycles. The van der Waals surface area contributed by atoms with Crippen LogP contribution in [0, 0.1) is 0 Å². The second-order valence-corrected chi connectivity index (χ2v) is 19.0. The molecular weight excluding hydrogens is 737 g/mol. The Bertz CT molecular complexity index is 985. The average Bonchev–Trinajstić information content (AvgIpc) is 3.16. The molecule has 0 aromatic carbocycles. The third-order valence-corrected chi connectivity index (χ3v) is 11.5. The highest BCUT2D eigenvalue weighted by molar-refractivity contribution is 7.47. The highest BCUT2D eigenvalue weighted by atomic mass is 31.2. The first-order valence-corrected chi connectivity index (χ1v) is 25.4. The molecule has 0 aliphatic carbocycles. The number of hydrogen-bond donors (Lipinski definition) is 1. The van der Waals surface area contributed by atoms with Gasteiger partial charge in [0.1, 0.15) is 19.8 Å². The van der Waals surface area contributed by atoms with Crippen LogP contribution in [0.5, 0.6) is 0 Å². The van der Waals surface area contributed by atoms with E-state index in [-0.39, 0.29) is 25.6 Å². The standard InChI is InChI=1S/C47H92NO8P/c1-6-8-10-12-14-16-18-20-22-23-24-25-26-28-29-31-33-35-37-39-46(49)53-43-45(44-55-57(51,52)54-42-41-48(3,4)5)56-47(50)40-38-36-34-32-30-27-21-19-17-15-13-11-9-7-2/h19,21,45H,6-18,20,22-44H2,1-5H3/p+1/b21-19+/t45-/m0/s1. The minimum atomic E-state index is -4.37. The number of unbranched alkanes of at least 4 members (excludes halogenated alkanes) is 28. The quantitative estimate of drug-likeness (QED) is 0.0213. The largest absolute Gasteiger partial charge is 0.472 e. The lowest BCUT2D eigenvalue weighted by Crippen LogP contribution is -2.37. The summed E-state index contributed by atoms with van der Waals surface area (Å²) in [4.78, 5) is 35.4. The van der Waals surface area contributed by atoms with Crippen LogP contribution >= 0.6 is 7.82 Å². The molecule has 0 aromatic rings. The van der Waals surface area contributed by atoms with E-state index in [2.05, 4.69) is 26.0 Å². The predicted molar refractivity (Wildman–Crippen MR) is 238 cm³/mol. The maximum absolute atomic E-state index is 12.7. The second kappa shape index (κ2) is 40.2. The molecule has 0 amide bonds. The summed E-state index contributed by atoms with van der Waals surface area (Å²) < 4.78 is 34.4. The van der Waals surface area contributed by atoms with Gasteiger partial charge >= 0.3 is 19.8 Å². The van der Waals surface area contributed by atoms with Crippen molar-refractivity contribution < 1.29 is 42.1 Å². The van der Waals surface area contributed by atoms with Crippen LogP contribution in [0.15, 0.2) is 12.2 Å². The van der Waals surface area contributed by atoms with Gasteiger partial charge in [-0.2, -0.15) is 0 Å². The second-order valence-electron chi connectivity index (χ2n) is 17.5. The molecule has 338 valence electrons. The minimum absolute atomic E-state index is 0.0333. The number of likely N-dealkylation sites (N-methyl/N-ethyl adjacent to an activating group) is 1. The van der Waals surface area contributed by atoms with Gasteiger partial charge in [-0.3, -0.25) is 18.6 Å². The molecule has 57 heavy (non-hydrogen) atoms. The Morgan fingerprint density at radius 2 is 0.895 bits per heavy atom. The molecule has 2 atom stereocenters. The molecule has 0 aliphatic rings. The number of quaternary nitrogens is 1. The van der Waals surface area contributed by atoms with Crippen molar-refractivity contribution in [3.05, 3.63) is 12.2 Å². The molecule has 9 nitrogen and oxygen atoms in total. The first-order chi connectivity index (χ1) is 27.5. The number of phosphoric ester groups is 1. The van der Waals surface area contributed by atoms with E-state index < -0.39 is 26.5 Å². The topological polar surface area (TPSA) is 108 Å². The molecule has 0 bridgehead atoms. The van der Waals surface area contributed by atoms with Crippen LogP contribution < -0.4 is 0 Å². The summed E-state index contributed by atoms with van der Waals surface area (Å²) >= 11 is 0. The normalized spacial score (nSPS) is 13.6. The lowest BCUT2D eigenvalue weighted by molar-refractivity contribution is -0.870. The fourth-order valence-electron chi connectivity index (χ4n) is 6.77. The molecule has 0 aromatic heterocycles. The summed E-state index contributed by atoms with van der Waals surface area (Å²) in [7, 11) is 1.48. The van der Waals surface area contributed by atoms with Crippen molar-refractivity contribution in [3.8, 4) is 0 Å². The van der Waals surface area contributed by atoms with E-state index in [1.807, 2.05) is 21.1 Å². The van der Waals surface area contributed by atoms with Crippen molar-refractivity contribution in [1.29, 1.82) is 0 Å². The SMILES string of the molecule is CCCCCCC/C=C/CCCCCCCC(=O)O[C@@H](COC(=O)CCCCCCCCCCCCCCCCCCCCC)COP(=O)(O)OCC[N+](C)(C)C. The Kier molecular flexibility index (Phi) is 39.3. The molecule has 1 N–H and O–H groups in total. The maximum atomic E-state index is 12.7. The lowest BCUT2D eigenvalue weighted by Gasteiger charge is -2.24. The highest BCUT2D eigenvalue weighted by Crippen LogP contribution is 2.43. The number of ether oxygens (including phenoxy) is 2. The van der Waals surface area contributed by atoms with E-state index in [0.29, 0.717) is 23.9 Å². The van der Waals surface area contributed by atoms with Crippen molar-refractivity contribution in [2.45, 2.75) is 232 Å². The Morgan fingerprint density at radius 3 is 1.30 bits per heavy atom.